The van der Waals surface area contributed by atoms with E-state index >= 15 is 0 Å². The fraction of sp³-hybridized carbons (Fsp3) is 0.133. The largest absolute Gasteiger partial charge is 0.293 e. The van der Waals surface area contributed by atoms with Crippen molar-refractivity contribution in [2.24, 2.45) is 0 Å². The maximum atomic E-state index is 12.5. The van der Waals surface area contributed by atoms with E-state index in [9.17, 15) is 13.2 Å². The van der Waals surface area contributed by atoms with Gasteiger partial charge in [-0.25, -0.2) is 8.42 Å². The summed E-state index contributed by atoms with van der Waals surface area (Å²) in [5, 5.41) is -0.527. The summed E-state index contributed by atoms with van der Waals surface area (Å²) in [6.07, 6.45) is 0. The quantitative estimate of drug-likeness (QED) is 0.788. The molecule has 0 saturated carbocycles. The van der Waals surface area contributed by atoms with Crippen LogP contribution < -0.4 is 0 Å². The zero-order valence-corrected chi connectivity index (χ0v) is 13.4. The SMILES string of the molecule is CC(C(=O)c1cccc(Cl)c1)S(=O)(=O)c1cccc(Cl)c1. The van der Waals surface area contributed by atoms with Crippen molar-refractivity contribution in [2.45, 2.75) is 17.1 Å². The van der Waals surface area contributed by atoms with Gasteiger partial charge in [0.1, 0.15) is 5.25 Å². The molecule has 0 N–H and O–H groups in total. The Morgan fingerprint density at radius 3 is 2.14 bits per heavy atom. The van der Waals surface area contributed by atoms with Gasteiger partial charge < -0.3 is 0 Å². The molecule has 2 aromatic rings. The van der Waals surface area contributed by atoms with Crippen molar-refractivity contribution >= 4 is 38.8 Å². The molecule has 2 rings (SSSR count). The van der Waals surface area contributed by atoms with Gasteiger partial charge in [-0.15, -0.1) is 0 Å². The first-order valence-corrected chi connectivity index (χ1v) is 8.42. The molecule has 3 nitrogen and oxygen atoms in total. The van der Waals surface area contributed by atoms with Gasteiger partial charge in [-0.05, 0) is 37.3 Å². The molecule has 0 amide bonds. The van der Waals surface area contributed by atoms with Gasteiger partial charge in [-0.3, -0.25) is 4.79 Å². The smallest absolute Gasteiger partial charge is 0.188 e. The van der Waals surface area contributed by atoms with Gasteiger partial charge in [0.2, 0.25) is 0 Å². The molecule has 0 heterocycles. The molecule has 21 heavy (non-hydrogen) atoms. The van der Waals surface area contributed by atoms with Crippen LogP contribution >= 0.6 is 23.2 Å². The van der Waals surface area contributed by atoms with Crippen molar-refractivity contribution in [3.05, 3.63) is 64.1 Å². The minimum absolute atomic E-state index is 0.0258. The molecular formula is C15H12Cl2O3S. The Bertz CT molecular complexity index is 785. The number of sulfone groups is 1. The summed E-state index contributed by atoms with van der Waals surface area (Å²) in [5.41, 5.74) is 0.264. The van der Waals surface area contributed by atoms with Crippen molar-refractivity contribution in [3.63, 3.8) is 0 Å². The Labute approximate surface area is 133 Å². The molecule has 6 heteroatoms. The summed E-state index contributed by atoms with van der Waals surface area (Å²) in [6.45, 7) is 1.36. The Morgan fingerprint density at radius 1 is 1.00 bits per heavy atom. The first kappa shape index (κ1) is 16.0. The van der Waals surface area contributed by atoms with Gasteiger partial charge in [0.25, 0.3) is 0 Å². The van der Waals surface area contributed by atoms with E-state index in [1.54, 1.807) is 18.2 Å². The predicted octanol–water partition coefficient (Wildman–Crippen LogP) is 4.04. The maximum Gasteiger partial charge on any atom is 0.188 e. The first-order valence-electron chi connectivity index (χ1n) is 6.11. The minimum atomic E-state index is -3.80. The number of carbonyl (C=O) groups is 1. The lowest BCUT2D eigenvalue weighted by Crippen LogP contribution is -2.27. The molecule has 1 unspecified atom stereocenters. The fourth-order valence-corrected chi connectivity index (χ4v) is 3.70. The van der Waals surface area contributed by atoms with Crippen molar-refractivity contribution in [1.29, 1.82) is 0 Å². The second kappa shape index (κ2) is 6.18. The summed E-state index contributed by atoms with van der Waals surface area (Å²) in [6, 6.07) is 12.1. The number of rotatable bonds is 4. The van der Waals surface area contributed by atoms with Crippen LogP contribution in [0.4, 0.5) is 0 Å². The van der Waals surface area contributed by atoms with Crippen LogP contribution in [0.1, 0.15) is 17.3 Å². The van der Waals surface area contributed by atoms with Crippen molar-refractivity contribution in [1.82, 2.24) is 0 Å². The van der Waals surface area contributed by atoms with Crippen LogP contribution in [0.15, 0.2) is 53.4 Å². The molecular weight excluding hydrogens is 331 g/mol. The molecule has 0 saturated heterocycles. The van der Waals surface area contributed by atoms with Crippen molar-refractivity contribution in [3.8, 4) is 0 Å². The van der Waals surface area contributed by atoms with Crippen LogP contribution in [0.25, 0.3) is 0 Å². The third kappa shape index (κ3) is 3.46. The lowest BCUT2D eigenvalue weighted by atomic mass is 10.1. The van der Waals surface area contributed by atoms with Crippen LogP contribution in [0.2, 0.25) is 10.0 Å². The molecule has 0 bridgehead atoms. The van der Waals surface area contributed by atoms with Gasteiger partial charge >= 0.3 is 0 Å². The molecule has 0 aliphatic rings. The topological polar surface area (TPSA) is 51.2 Å². The van der Waals surface area contributed by atoms with Crippen LogP contribution in [-0.4, -0.2) is 19.5 Å². The van der Waals surface area contributed by atoms with Gasteiger partial charge in [-0.1, -0.05) is 41.4 Å². The second-order valence-corrected chi connectivity index (χ2v) is 7.66. The predicted molar refractivity (Wildman–Crippen MR) is 83.9 cm³/mol. The normalized spacial score (nSPS) is 12.9. The minimum Gasteiger partial charge on any atom is -0.293 e. The summed E-state index contributed by atoms with van der Waals surface area (Å²) in [4.78, 5) is 12.4. The number of Topliss-reactive ketones (excluding diaryl/α,β-unsaturated/α-hetero) is 1. The number of hydrogen-bond donors (Lipinski definition) is 0. The van der Waals surface area contributed by atoms with E-state index in [2.05, 4.69) is 0 Å². The summed E-state index contributed by atoms with van der Waals surface area (Å²) >= 11 is 11.6. The highest BCUT2D eigenvalue weighted by Gasteiger charge is 2.30. The summed E-state index contributed by atoms with van der Waals surface area (Å²) in [5.74, 6) is -0.502. The van der Waals surface area contributed by atoms with Gasteiger partial charge in [0.05, 0.1) is 4.90 Å². The number of ketones is 1. The molecule has 110 valence electrons. The van der Waals surface area contributed by atoms with Crippen LogP contribution in [0.5, 0.6) is 0 Å². The number of carbonyl (C=O) groups excluding carboxylic acids is 1. The first-order chi connectivity index (χ1) is 9.82. The molecule has 0 aromatic heterocycles. The summed E-state index contributed by atoms with van der Waals surface area (Å²) < 4.78 is 24.9. The fourth-order valence-electron chi connectivity index (χ4n) is 1.87. The van der Waals surface area contributed by atoms with Gasteiger partial charge in [0, 0.05) is 15.6 Å². The molecule has 0 aliphatic carbocycles. The molecule has 0 fully saturated rings. The Kier molecular flexibility index (Phi) is 4.71. The van der Waals surface area contributed by atoms with E-state index in [-0.39, 0.29) is 10.5 Å². The maximum absolute atomic E-state index is 12.5. The van der Waals surface area contributed by atoms with Crippen LogP contribution in [0.3, 0.4) is 0 Å². The Balaban J connectivity index is 2.39. The molecule has 0 aliphatic heterocycles. The van der Waals surface area contributed by atoms with Crippen LogP contribution in [-0.2, 0) is 9.84 Å². The van der Waals surface area contributed by atoms with Crippen LogP contribution in [0, 0.1) is 0 Å². The highest BCUT2D eigenvalue weighted by molar-refractivity contribution is 7.92. The number of halogens is 2. The van der Waals surface area contributed by atoms with E-state index in [0.717, 1.165) is 0 Å². The van der Waals surface area contributed by atoms with E-state index in [4.69, 9.17) is 23.2 Å². The Hall–Kier alpha value is -1.36. The van der Waals surface area contributed by atoms with Gasteiger partial charge in [-0.2, -0.15) is 0 Å². The van der Waals surface area contributed by atoms with Gasteiger partial charge in [0.15, 0.2) is 15.6 Å². The Morgan fingerprint density at radius 2 is 1.57 bits per heavy atom. The molecule has 2 aromatic carbocycles. The highest BCUT2D eigenvalue weighted by atomic mass is 35.5. The lowest BCUT2D eigenvalue weighted by molar-refractivity contribution is 0.0991. The third-order valence-electron chi connectivity index (χ3n) is 3.07. The van der Waals surface area contributed by atoms with E-state index in [1.807, 2.05) is 0 Å². The molecule has 0 spiro atoms. The second-order valence-electron chi connectivity index (χ2n) is 4.52. The van der Waals surface area contributed by atoms with E-state index < -0.39 is 20.9 Å². The average molecular weight is 343 g/mol. The number of benzene rings is 2. The monoisotopic (exact) mass is 342 g/mol. The zero-order chi connectivity index (χ0) is 15.6. The van der Waals surface area contributed by atoms with E-state index in [1.165, 1.54) is 37.3 Å². The zero-order valence-electron chi connectivity index (χ0n) is 11.1. The highest BCUT2D eigenvalue weighted by Crippen LogP contribution is 2.23. The number of hydrogen-bond acceptors (Lipinski definition) is 3. The van der Waals surface area contributed by atoms with Crippen molar-refractivity contribution in [2.75, 3.05) is 0 Å². The van der Waals surface area contributed by atoms with E-state index in [0.29, 0.717) is 10.0 Å². The standard InChI is InChI=1S/C15H12Cl2O3S/c1-10(15(18)11-4-2-5-12(16)8-11)21(19,20)14-7-3-6-13(17)9-14/h2-10H,1H3. The van der Waals surface area contributed by atoms with Crippen molar-refractivity contribution < 1.29 is 13.2 Å². The average Bonchev–Trinajstić information content (AvgIpc) is 2.45. The summed E-state index contributed by atoms with van der Waals surface area (Å²) in [7, 11) is -3.80. The lowest BCUT2D eigenvalue weighted by Gasteiger charge is -2.12. The molecule has 0 radical (unpaired) electrons. The third-order valence-corrected chi connectivity index (χ3v) is 5.59. The molecule has 1 atom stereocenters.